The number of aliphatic carboxylic acids is 1. The third-order valence-electron chi connectivity index (χ3n) is 4.79. The van der Waals surface area contributed by atoms with Gasteiger partial charge in [0.25, 0.3) is 5.60 Å². The zero-order chi connectivity index (χ0) is 23.5. The van der Waals surface area contributed by atoms with Gasteiger partial charge in [0.05, 0.1) is 18.3 Å². The fourth-order valence-corrected chi connectivity index (χ4v) is 3.65. The van der Waals surface area contributed by atoms with Crippen LogP contribution in [0.3, 0.4) is 0 Å². The lowest BCUT2D eigenvalue weighted by Gasteiger charge is -2.29. The Morgan fingerprint density at radius 1 is 1.28 bits per heavy atom. The SMILES string of the molecule is Cc1cc(C2=NOC(c3cc(Cl)cc(Cl)c3)(C(F)(F)F)C2)ccc1/C=N/OCCC(=O)O. The minimum atomic E-state index is -4.78. The number of aryl methyl sites for hydroxylation is 1. The highest BCUT2D eigenvalue weighted by Gasteiger charge is 2.62. The van der Waals surface area contributed by atoms with Crippen LogP contribution in [0.1, 0.15) is 35.1 Å². The van der Waals surface area contributed by atoms with E-state index in [9.17, 15) is 18.0 Å². The number of oxime groups is 2. The second-order valence-corrected chi connectivity index (χ2v) is 7.94. The summed E-state index contributed by atoms with van der Waals surface area (Å²) in [6.07, 6.45) is -4.13. The van der Waals surface area contributed by atoms with Crippen LogP contribution in [0.15, 0.2) is 46.7 Å². The van der Waals surface area contributed by atoms with Gasteiger partial charge in [-0.1, -0.05) is 45.6 Å². The summed E-state index contributed by atoms with van der Waals surface area (Å²) in [6, 6.07) is 8.54. The van der Waals surface area contributed by atoms with Crippen molar-refractivity contribution >= 4 is 41.1 Å². The van der Waals surface area contributed by atoms with Crippen LogP contribution in [0, 0.1) is 6.92 Å². The summed E-state index contributed by atoms with van der Waals surface area (Å²) < 4.78 is 42.3. The minimum absolute atomic E-state index is 0.0539. The van der Waals surface area contributed by atoms with Gasteiger partial charge in [-0.25, -0.2) is 0 Å². The zero-order valence-corrected chi connectivity index (χ0v) is 18.1. The second kappa shape index (κ2) is 9.38. The predicted octanol–water partition coefficient (Wildman–Crippen LogP) is 5.71. The Kier molecular flexibility index (Phi) is 7.00. The van der Waals surface area contributed by atoms with Crippen LogP contribution in [-0.4, -0.2) is 35.8 Å². The van der Waals surface area contributed by atoms with Crippen molar-refractivity contribution < 1.29 is 32.7 Å². The smallest absolute Gasteiger partial charge is 0.435 e. The monoisotopic (exact) mass is 488 g/mol. The molecule has 1 heterocycles. The average Bonchev–Trinajstić information content (AvgIpc) is 3.15. The molecule has 170 valence electrons. The number of halogens is 5. The van der Waals surface area contributed by atoms with Gasteiger partial charge in [0.15, 0.2) is 0 Å². The topological polar surface area (TPSA) is 80.5 Å². The lowest BCUT2D eigenvalue weighted by Crippen LogP contribution is -2.42. The van der Waals surface area contributed by atoms with Crippen molar-refractivity contribution in [1.29, 1.82) is 0 Å². The molecule has 1 aliphatic rings. The number of alkyl halides is 3. The van der Waals surface area contributed by atoms with Gasteiger partial charge in [-0.15, -0.1) is 0 Å². The number of carboxylic acids is 1. The molecule has 0 aliphatic carbocycles. The van der Waals surface area contributed by atoms with Gasteiger partial charge in [0.2, 0.25) is 0 Å². The Labute approximate surface area is 191 Å². The van der Waals surface area contributed by atoms with Crippen LogP contribution in [0.25, 0.3) is 0 Å². The molecule has 0 fully saturated rings. The first-order valence-corrected chi connectivity index (χ1v) is 10.0. The number of carboxylic acid groups (broad SMARTS) is 1. The molecule has 0 aromatic heterocycles. The molecule has 1 N–H and O–H groups in total. The Morgan fingerprint density at radius 3 is 2.56 bits per heavy atom. The quantitative estimate of drug-likeness (QED) is 0.307. The Morgan fingerprint density at radius 2 is 1.97 bits per heavy atom. The Balaban J connectivity index is 1.81. The zero-order valence-electron chi connectivity index (χ0n) is 16.6. The lowest BCUT2D eigenvalue weighted by atomic mass is 9.86. The molecule has 2 aromatic carbocycles. The third-order valence-corrected chi connectivity index (χ3v) is 5.23. The average molecular weight is 489 g/mol. The molecular formula is C21H17Cl2F3N2O4. The van der Waals surface area contributed by atoms with Gasteiger partial charge in [-0.05, 0) is 47.9 Å². The van der Waals surface area contributed by atoms with Crippen molar-refractivity contribution in [2.24, 2.45) is 10.3 Å². The van der Waals surface area contributed by atoms with Gasteiger partial charge in [0.1, 0.15) is 6.61 Å². The van der Waals surface area contributed by atoms with E-state index in [-0.39, 0.29) is 34.3 Å². The molecular weight excluding hydrogens is 472 g/mol. The van der Waals surface area contributed by atoms with Crippen LogP contribution in [-0.2, 0) is 20.1 Å². The molecule has 0 radical (unpaired) electrons. The van der Waals surface area contributed by atoms with Crippen LogP contribution in [0.4, 0.5) is 13.2 Å². The first-order valence-electron chi connectivity index (χ1n) is 9.28. The maximum atomic E-state index is 14.1. The summed E-state index contributed by atoms with van der Waals surface area (Å²) in [4.78, 5) is 20.3. The standard InChI is InChI=1S/C21H17Cl2F3N2O4/c1-12-6-13(2-3-14(12)11-27-31-5-4-19(29)30)18-10-20(32-28-18,21(24,25)26)15-7-16(22)9-17(23)8-15/h2-3,6-9,11H,4-5,10H2,1H3,(H,29,30)/b27-11+. The van der Waals surface area contributed by atoms with E-state index in [1.54, 1.807) is 25.1 Å². The molecule has 0 saturated heterocycles. The van der Waals surface area contributed by atoms with E-state index < -0.39 is 24.2 Å². The van der Waals surface area contributed by atoms with Gasteiger partial charge < -0.3 is 14.8 Å². The highest BCUT2D eigenvalue weighted by atomic mass is 35.5. The lowest BCUT2D eigenvalue weighted by molar-refractivity contribution is -0.275. The van der Waals surface area contributed by atoms with Crippen molar-refractivity contribution in [2.75, 3.05) is 6.61 Å². The fourth-order valence-electron chi connectivity index (χ4n) is 3.13. The van der Waals surface area contributed by atoms with Crippen molar-refractivity contribution in [1.82, 2.24) is 0 Å². The van der Waals surface area contributed by atoms with Gasteiger partial charge in [-0.3, -0.25) is 4.79 Å². The molecule has 2 aromatic rings. The minimum Gasteiger partial charge on any atom is -0.481 e. The number of hydrogen-bond acceptors (Lipinski definition) is 5. The second-order valence-electron chi connectivity index (χ2n) is 7.07. The van der Waals surface area contributed by atoms with Crippen molar-refractivity contribution in [3.63, 3.8) is 0 Å². The summed E-state index contributed by atoms with van der Waals surface area (Å²) in [5, 5.41) is 16.1. The summed E-state index contributed by atoms with van der Waals surface area (Å²) >= 11 is 11.8. The first kappa shape index (κ1) is 23.9. The van der Waals surface area contributed by atoms with E-state index in [0.29, 0.717) is 16.7 Å². The summed E-state index contributed by atoms with van der Waals surface area (Å²) in [6.45, 7) is 1.66. The maximum absolute atomic E-state index is 14.1. The molecule has 1 aliphatic heterocycles. The molecule has 0 bridgehead atoms. The highest BCUT2D eigenvalue weighted by molar-refractivity contribution is 6.34. The van der Waals surface area contributed by atoms with Gasteiger partial charge in [-0.2, -0.15) is 13.2 Å². The molecule has 0 saturated carbocycles. The van der Waals surface area contributed by atoms with E-state index in [4.69, 9.17) is 38.0 Å². The van der Waals surface area contributed by atoms with Crippen LogP contribution in [0.5, 0.6) is 0 Å². The molecule has 3 rings (SSSR count). The number of rotatable bonds is 7. The van der Waals surface area contributed by atoms with Crippen LogP contribution < -0.4 is 0 Å². The molecule has 32 heavy (non-hydrogen) atoms. The third kappa shape index (κ3) is 5.16. The van der Waals surface area contributed by atoms with Gasteiger partial charge >= 0.3 is 12.1 Å². The molecule has 1 atom stereocenters. The van der Waals surface area contributed by atoms with Crippen molar-refractivity contribution in [3.8, 4) is 0 Å². The maximum Gasteiger partial charge on any atom is 0.435 e. The number of carbonyl (C=O) groups is 1. The van der Waals surface area contributed by atoms with Crippen molar-refractivity contribution in [2.45, 2.75) is 31.5 Å². The van der Waals surface area contributed by atoms with E-state index in [1.807, 2.05) is 0 Å². The van der Waals surface area contributed by atoms with E-state index >= 15 is 0 Å². The van der Waals surface area contributed by atoms with E-state index in [2.05, 4.69) is 10.3 Å². The molecule has 1 unspecified atom stereocenters. The summed E-state index contributed by atoms with van der Waals surface area (Å²) in [7, 11) is 0. The fraction of sp³-hybridized carbons (Fsp3) is 0.286. The Hall–Kier alpha value is -2.78. The molecule has 11 heteroatoms. The van der Waals surface area contributed by atoms with Crippen LogP contribution >= 0.6 is 23.2 Å². The van der Waals surface area contributed by atoms with E-state index in [0.717, 1.165) is 12.1 Å². The molecule has 0 spiro atoms. The van der Waals surface area contributed by atoms with Crippen LogP contribution in [0.2, 0.25) is 10.0 Å². The Bertz CT molecular complexity index is 1070. The molecule has 6 nitrogen and oxygen atoms in total. The van der Waals surface area contributed by atoms with Crippen molar-refractivity contribution in [3.05, 3.63) is 68.7 Å². The number of hydrogen-bond donors (Lipinski definition) is 1. The molecule has 0 amide bonds. The first-order chi connectivity index (χ1) is 15.0. The largest absolute Gasteiger partial charge is 0.481 e. The highest BCUT2D eigenvalue weighted by Crippen LogP contribution is 2.49. The van der Waals surface area contributed by atoms with Gasteiger partial charge in [0, 0.05) is 22.0 Å². The van der Waals surface area contributed by atoms with E-state index in [1.165, 1.54) is 12.3 Å². The predicted molar refractivity (Wildman–Crippen MR) is 113 cm³/mol. The summed E-state index contributed by atoms with van der Waals surface area (Å²) in [5.41, 5.74) is -1.03. The number of benzene rings is 2. The normalized spacial score (nSPS) is 18.5. The summed E-state index contributed by atoms with van der Waals surface area (Å²) in [5.74, 6) is -1.00. The number of nitrogens with zero attached hydrogens (tertiary/aromatic N) is 2.